The van der Waals surface area contributed by atoms with Gasteiger partial charge < -0.3 is 5.32 Å². The molecule has 0 aliphatic heterocycles. The van der Waals surface area contributed by atoms with Crippen molar-refractivity contribution in [2.45, 2.75) is 0 Å². The highest BCUT2D eigenvalue weighted by atomic mass is 35.5. The summed E-state index contributed by atoms with van der Waals surface area (Å²) in [7, 11) is 0. The van der Waals surface area contributed by atoms with Gasteiger partial charge in [0.15, 0.2) is 0 Å². The molecule has 0 saturated carbocycles. The maximum absolute atomic E-state index is 13.3. The number of halogens is 2. The number of carbonyl (C=O) groups is 1. The minimum atomic E-state index is -0.585. The fourth-order valence-corrected chi connectivity index (χ4v) is 1.26. The van der Waals surface area contributed by atoms with Crippen LogP contribution in [0.1, 0.15) is 10.6 Å². The Hall–Kier alpha value is -1.95. The first-order valence-corrected chi connectivity index (χ1v) is 4.66. The van der Waals surface area contributed by atoms with Crippen LogP contribution in [0.3, 0.4) is 0 Å². The number of amides is 1. The molecule has 0 unspecified atom stereocenters. The standard InChI is InChI=1S/C9H6ClFN4O/c10-5-1-2-6(11)7(3-5)14-9(16)8-12-4-13-15-8/h1-4H,(H,14,16)(H,12,13,15). The highest BCUT2D eigenvalue weighted by Gasteiger charge is 2.11. The molecule has 0 fully saturated rings. The molecule has 1 aromatic carbocycles. The molecule has 7 heteroatoms. The van der Waals surface area contributed by atoms with Gasteiger partial charge in [0.05, 0.1) is 5.69 Å². The summed E-state index contributed by atoms with van der Waals surface area (Å²) in [4.78, 5) is 15.1. The van der Waals surface area contributed by atoms with Gasteiger partial charge >= 0.3 is 0 Å². The average molecular weight is 241 g/mol. The maximum Gasteiger partial charge on any atom is 0.293 e. The lowest BCUT2D eigenvalue weighted by Crippen LogP contribution is -2.14. The Labute approximate surface area is 94.7 Å². The number of benzene rings is 1. The highest BCUT2D eigenvalue weighted by molar-refractivity contribution is 6.30. The monoisotopic (exact) mass is 240 g/mol. The molecule has 0 spiro atoms. The van der Waals surface area contributed by atoms with Gasteiger partial charge in [0.1, 0.15) is 12.1 Å². The van der Waals surface area contributed by atoms with Crippen LogP contribution in [0.25, 0.3) is 0 Å². The van der Waals surface area contributed by atoms with Crippen molar-refractivity contribution in [3.05, 3.63) is 41.2 Å². The van der Waals surface area contributed by atoms with Gasteiger partial charge in [0.25, 0.3) is 5.91 Å². The molecular weight excluding hydrogens is 235 g/mol. The molecule has 0 atom stereocenters. The summed E-state index contributed by atoms with van der Waals surface area (Å²) in [5.41, 5.74) is -0.00565. The first kappa shape index (κ1) is 10.6. The lowest BCUT2D eigenvalue weighted by molar-refractivity contribution is 0.101. The number of hydrogen-bond acceptors (Lipinski definition) is 3. The van der Waals surface area contributed by atoms with Gasteiger partial charge in [-0.25, -0.2) is 9.37 Å². The highest BCUT2D eigenvalue weighted by Crippen LogP contribution is 2.19. The van der Waals surface area contributed by atoms with Crippen LogP contribution < -0.4 is 5.32 Å². The fraction of sp³-hybridized carbons (Fsp3) is 0. The second-order valence-corrected chi connectivity index (χ2v) is 3.35. The van der Waals surface area contributed by atoms with E-state index in [-0.39, 0.29) is 11.5 Å². The van der Waals surface area contributed by atoms with Crippen LogP contribution in [0.5, 0.6) is 0 Å². The molecule has 2 rings (SSSR count). The van der Waals surface area contributed by atoms with Crippen molar-refractivity contribution in [2.75, 3.05) is 5.32 Å². The number of H-pyrrole nitrogens is 1. The molecule has 2 N–H and O–H groups in total. The van der Waals surface area contributed by atoms with Crippen LogP contribution in [-0.4, -0.2) is 21.1 Å². The van der Waals surface area contributed by atoms with Crippen LogP contribution in [0, 0.1) is 5.82 Å². The Balaban J connectivity index is 2.21. The third-order valence-electron chi connectivity index (χ3n) is 1.81. The minimum absolute atomic E-state index is 0.000578. The second kappa shape index (κ2) is 4.28. The topological polar surface area (TPSA) is 70.7 Å². The van der Waals surface area contributed by atoms with Crippen molar-refractivity contribution in [3.63, 3.8) is 0 Å². The zero-order chi connectivity index (χ0) is 11.5. The van der Waals surface area contributed by atoms with Crippen molar-refractivity contribution in [3.8, 4) is 0 Å². The Morgan fingerprint density at radius 3 is 3.00 bits per heavy atom. The molecule has 1 aromatic heterocycles. The van der Waals surface area contributed by atoms with E-state index < -0.39 is 11.7 Å². The summed E-state index contributed by atoms with van der Waals surface area (Å²) in [6.07, 6.45) is 1.18. The predicted molar refractivity (Wildman–Crippen MR) is 55.7 cm³/mol. The van der Waals surface area contributed by atoms with E-state index in [1.54, 1.807) is 0 Å². The fourth-order valence-electron chi connectivity index (χ4n) is 1.09. The normalized spacial score (nSPS) is 10.1. The van der Waals surface area contributed by atoms with Gasteiger partial charge in [0, 0.05) is 5.02 Å². The van der Waals surface area contributed by atoms with E-state index in [1.807, 2.05) is 0 Å². The first-order valence-electron chi connectivity index (χ1n) is 4.28. The van der Waals surface area contributed by atoms with E-state index in [4.69, 9.17) is 11.6 Å². The molecule has 1 heterocycles. The minimum Gasteiger partial charge on any atom is -0.317 e. The average Bonchev–Trinajstić information content (AvgIpc) is 2.76. The van der Waals surface area contributed by atoms with Gasteiger partial charge in [-0.1, -0.05) is 11.6 Å². The number of nitrogens with zero attached hydrogens (tertiary/aromatic N) is 2. The van der Waals surface area contributed by atoms with Gasteiger partial charge in [0.2, 0.25) is 5.82 Å². The summed E-state index contributed by atoms with van der Waals surface area (Å²) in [6, 6.07) is 3.87. The largest absolute Gasteiger partial charge is 0.317 e. The number of carbonyl (C=O) groups excluding carboxylic acids is 1. The van der Waals surface area contributed by atoms with E-state index in [2.05, 4.69) is 20.5 Å². The Kier molecular flexibility index (Phi) is 2.82. The molecular formula is C9H6ClFN4O. The van der Waals surface area contributed by atoms with Crippen molar-refractivity contribution < 1.29 is 9.18 Å². The quantitative estimate of drug-likeness (QED) is 0.842. The van der Waals surface area contributed by atoms with E-state index in [0.717, 1.165) is 0 Å². The molecule has 0 aliphatic rings. The second-order valence-electron chi connectivity index (χ2n) is 2.91. The molecule has 0 radical (unpaired) electrons. The molecule has 16 heavy (non-hydrogen) atoms. The number of hydrogen-bond donors (Lipinski definition) is 2. The van der Waals surface area contributed by atoms with Gasteiger partial charge in [-0.15, -0.1) is 0 Å². The summed E-state index contributed by atoms with van der Waals surface area (Å²) < 4.78 is 13.3. The van der Waals surface area contributed by atoms with Crippen LogP contribution >= 0.6 is 11.6 Å². The Morgan fingerprint density at radius 2 is 2.31 bits per heavy atom. The predicted octanol–water partition coefficient (Wildman–Crippen LogP) is 1.85. The molecule has 5 nitrogen and oxygen atoms in total. The number of aromatic amines is 1. The van der Waals surface area contributed by atoms with Crippen molar-refractivity contribution >= 4 is 23.2 Å². The Bertz CT molecular complexity index is 514. The molecule has 0 aliphatic carbocycles. The zero-order valence-electron chi connectivity index (χ0n) is 7.87. The number of rotatable bonds is 2. The van der Waals surface area contributed by atoms with Gasteiger partial charge in [-0.3, -0.25) is 9.89 Å². The van der Waals surface area contributed by atoms with E-state index in [9.17, 15) is 9.18 Å². The number of anilines is 1. The van der Waals surface area contributed by atoms with Crippen LogP contribution in [0.15, 0.2) is 24.5 Å². The van der Waals surface area contributed by atoms with Crippen LogP contribution in [0.4, 0.5) is 10.1 Å². The SMILES string of the molecule is O=C(Nc1cc(Cl)ccc1F)c1ncn[nH]1. The van der Waals surface area contributed by atoms with E-state index in [1.165, 1.54) is 24.5 Å². The van der Waals surface area contributed by atoms with Crippen molar-refractivity contribution in [2.24, 2.45) is 0 Å². The summed E-state index contributed by atoms with van der Waals surface area (Å²) in [5, 5.41) is 8.52. The number of nitrogens with one attached hydrogen (secondary N) is 2. The lowest BCUT2D eigenvalue weighted by Gasteiger charge is -2.04. The summed E-state index contributed by atoms with van der Waals surface area (Å²) in [6.45, 7) is 0. The van der Waals surface area contributed by atoms with Gasteiger partial charge in [-0.2, -0.15) is 5.10 Å². The zero-order valence-corrected chi connectivity index (χ0v) is 8.62. The molecule has 2 aromatic rings. The summed E-state index contributed by atoms with van der Waals surface area (Å²) in [5.74, 6) is -1.16. The Morgan fingerprint density at radius 1 is 1.50 bits per heavy atom. The maximum atomic E-state index is 13.3. The van der Waals surface area contributed by atoms with Crippen molar-refractivity contribution in [1.82, 2.24) is 15.2 Å². The molecule has 0 bridgehead atoms. The van der Waals surface area contributed by atoms with E-state index in [0.29, 0.717) is 5.02 Å². The third-order valence-corrected chi connectivity index (χ3v) is 2.04. The molecule has 1 amide bonds. The third kappa shape index (κ3) is 2.17. The smallest absolute Gasteiger partial charge is 0.293 e. The summed E-state index contributed by atoms with van der Waals surface area (Å²) >= 11 is 5.67. The lowest BCUT2D eigenvalue weighted by atomic mass is 10.3. The number of aromatic nitrogens is 3. The van der Waals surface area contributed by atoms with Crippen LogP contribution in [0.2, 0.25) is 5.02 Å². The van der Waals surface area contributed by atoms with Crippen LogP contribution in [-0.2, 0) is 0 Å². The first-order chi connectivity index (χ1) is 7.66. The van der Waals surface area contributed by atoms with E-state index >= 15 is 0 Å². The molecule has 0 saturated heterocycles. The molecule has 82 valence electrons. The van der Waals surface area contributed by atoms with Crippen molar-refractivity contribution in [1.29, 1.82) is 0 Å². The van der Waals surface area contributed by atoms with Gasteiger partial charge in [-0.05, 0) is 18.2 Å².